The number of benzene rings is 2. The van der Waals surface area contributed by atoms with Gasteiger partial charge in [-0.2, -0.15) is 0 Å². The van der Waals surface area contributed by atoms with Gasteiger partial charge in [-0.25, -0.2) is 4.98 Å². The third-order valence-corrected chi connectivity index (χ3v) is 6.01. The zero-order chi connectivity index (χ0) is 19.5. The van der Waals surface area contributed by atoms with Crippen LogP contribution in [0.25, 0.3) is 10.9 Å². The maximum atomic E-state index is 10.1. The summed E-state index contributed by atoms with van der Waals surface area (Å²) in [7, 11) is 1.72. The van der Waals surface area contributed by atoms with Gasteiger partial charge in [0.15, 0.2) is 0 Å². The Hall–Kier alpha value is -2.31. The van der Waals surface area contributed by atoms with Gasteiger partial charge in [-0.3, -0.25) is 4.90 Å². The second kappa shape index (κ2) is 8.37. The maximum absolute atomic E-state index is 10.1. The number of para-hydroxylation sites is 2. The molecule has 1 fully saturated rings. The summed E-state index contributed by atoms with van der Waals surface area (Å²) in [4.78, 5) is 9.53. The van der Waals surface area contributed by atoms with E-state index in [-0.39, 0.29) is 5.75 Å². The minimum absolute atomic E-state index is 0.227. The van der Waals surface area contributed by atoms with Crippen LogP contribution in [0.1, 0.15) is 5.69 Å². The number of anilines is 1. The Morgan fingerprint density at radius 1 is 1.04 bits per heavy atom. The monoisotopic (exact) mass is 441 g/mol. The number of ether oxygens (including phenoxy) is 1. The lowest BCUT2D eigenvalue weighted by atomic mass is 10.1. The number of hydrogen-bond acceptors (Lipinski definition) is 5. The number of rotatable bonds is 5. The third-order valence-electron chi connectivity index (χ3n) is 5.32. The third kappa shape index (κ3) is 3.93. The van der Waals surface area contributed by atoms with E-state index in [0.29, 0.717) is 5.52 Å². The molecule has 1 aliphatic rings. The fraction of sp³-hybridized carbons (Fsp3) is 0.318. The lowest BCUT2D eigenvalue weighted by Gasteiger charge is -2.36. The van der Waals surface area contributed by atoms with Gasteiger partial charge in [0.2, 0.25) is 0 Å². The topological polar surface area (TPSA) is 48.8 Å². The number of methoxy groups -OCH3 is 1. The molecule has 146 valence electrons. The molecule has 1 N–H and O–H groups in total. The summed E-state index contributed by atoms with van der Waals surface area (Å²) in [6.07, 6.45) is 0.872. The first-order valence-electron chi connectivity index (χ1n) is 9.53. The van der Waals surface area contributed by atoms with Crippen LogP contribution in [0.3, 0.4) is 0 Å². The highest BCUT2D eigenvalue weighted by Crippen LogP contribution is 2.30. The van der Waals surface area contributed by atoms with Crippen LogP contribution in [-0.2, 0) is 6.42 Å². The van der Waals surface area contributed by atoms with Crippen LogP contribution in [0.15, 0.2) is 53.0 Å². The van der Waals surface area contributed by atoms with Crippen LogP contribution >= 0.6 is 15.9 Å². The van der Waals surface area contributed by atoms with Gasteiger partial charge in [-0.15, -0.1) is 0 Å². The summed E-state index contributed by atoms with van der Waals surface area (Å²) in [5.74, 6) is 1.16. The van der Waals surface area contributed by atoms with Crippen LogP contribution in [0.5, 0.6) is 11.5 Å². The van der Waals surface area contributed by atoms with Gasteiger partial charge in [0.25, 0.3) is 0 Å². The van der Waals surface area contributed by atoms with Crippen molar-refractivity contribution in [2.75, 3.05) is 44.7 Å². The van der Waals surface area contributed by atoms with E-state index in [4.69, 9.17) is 4.74 Å². The fourth-order valence-corrected chi connectivity index (χ4v) is 4.18. The van der Waals surface area contributed by atoms with Crippen molar-refractivity contribution in [3.8, 4) is 11.5 Å². The SMILES string of the molecule is COc1ccccc1N1CCN(CCc2ccc3c(Br)ccc(O)c3n2)CC1. The molecule has 1 saturated heterocycles. The first-order chi connectivity index (χ1) is 13.7. The second-order valence-electron chi connectivity index (χ2n) is 7.02. The lowest BCUT2D eigenvalue weighted by Crippen LogP contribution is -2.47. The summed E-state index contributed by atoms with van der Waals surface area (Å²) in [5, 5.41) is 11.0. The van der Waals surface area contributed by atoms with Crippen LogP contribution in [0.4, 0.5) is 5.69 Å². The Balaban J connectivity index is 1.37. The van der Waals surface area contributed by atoms with E-state index in [1.54, 1.807) is 13.2 Å². The molecule has 0 aliphatic carbocycles. The Labute approximate surface area is 173 Å². The highest BCUT2D eigenvalue weighted by Gasteiger charge is 2.19. The number of aromatic nitrogens is 1. The molecule has 28 heavy (non-hydrogen) atoms. The van der Waals surface area contributed by atoms with Crippen molar-refractivity contribution in [2.45, 2.75) is 6.42 Å². The van der Waals surface area contributed by atoms with Crippen LogP contribution in [0.2, 0.25) is 0 Å². The lowest BCUT2D eigenvalue weighted by molar-refractivity contribution is 0.259. The number of fused-ring (bicyclic) bond motifs is 1. The molecule has 5 nitrogen and oxygen atoms in total. The van der Waals surface area contributed by atoms with Gasteiger partial charge in [-0.1, -0.05) is 28.1 Å². The molecule has 1 aliphatic heterocycles. The molecule has 0 atom stereocenters. The summed E-state index contributed by atoms with van der Waals surface area (Å²) in [5.41, 5.74) is 2.84. The molecule has 2 heterocycles. The van der Waals surface area contributed by atoms with E-state index in [9.17, 15) is 5.11 Å². The van der Waals surface area contributed by atoms with Gasteiger partial charge in [0, 0.05) is 54.7 Å². The fourth-order valence-electron chi connectivity index (χ4n) is 3.72. The number of pyridine rings is 1. The number of phenolic OH excluding ortho intramolecular Hbond substituents is 1. The maximum Gasteiger partial charge on any atom is 0.142 e. The number of aromatic hydroxyl groups is 1. The average Bonchev–Trinajstić information content (AvgIpc) is 2.75. The molecule has 0 bridgehead atoms. The van der Waals surface area contributed by atoms with Crippen LogP contribution < -0.4 is 9.64 Å². The molecule has 3 aromatic rings. The van der Waals surface area contributed by atoms with Gasteiger partial charge in [0.05, 0.1) is 12.8 Å². The molecule has 0 unspecified atom stereocenters. The molecular weight excluding hydrogens is 418 g/mol. The van der Waals surface area contributed by atoms with E-state index in [1.165, 1.54) is 5.69 Å². The number of piperazine rings is 1. The van der Waals surface area contributed by atoms with Crippen molar-refractivity contribution >= 4 is 32.5 Å². The summed E-state index contributed by atoms with van der Waals surface area (Å²) >= 11 is 3.52. The zero-order valence-electron chi connectivity index (χ0n) is 15.9. The number of hydrogen-bond donors (Lipinski definition) is 1. The van der Waals surface area contributed by atoms with Crippen molar-refractivity contribution in [3.63, 3.8) is 0 Å². The molecule has 1 aromatic heterocycles. The highest BCUT2D eigenvalue weighted by molar-refractivity contribution is 9.10. The van der Waals surface area contributed by atoms with Crippen molar-refractivity contribution in [2.24, 2.45) is 0 Å². The van der Waals surface area contributed by atoms with E-state index in [0.717, 1.165) is 60.4 Å². The van der Waals surface area contributed by atoms with E-state index >= 15 is 0 Å². The molecule has 2 aromatic carbocycles. The average molecular weight is 442 g/mol. The Morgan fingerprint density at radius 3 is 2.61 bits per heavy atom. The predicted octanol–water partition coefficient (Wildman–Crippen LogP) is 4.08. The van der Waals surface area contributed by atoms with Crippen LogP contribution in [0, 0.1) is 0 Å². The summed E-state index contributed by atoms with van der Waals surface area (Å²) in [6.45, 7) is 4.97. The molecule has 0 spiro atoms. The molecule has 0 radical (unpaired) electrons. The Bertz CT molecular complexity index is 971. The van der Waals surface area contributed by atoms with Crippen molar-refractivity contribution in [1.82, 2.24) is 9.88 Å². The standard InChI is InChI=1S/C22H24BrN3O2/c1-28-21-5-3-2-4-19(21)26-14-12-25(13-15-26)11-10-16-6-7-17-18(23)8-9-20(27)22(17)24-16/h2-9,27H,10-15H2,1H3. The quantitative estimate of drug-likeness (QED) is 0.646. The molecule has 6 heteroatoms. The van der Waals surface area contributed by atoms with Gasteiger partial charge >= 0.3 is 0 Å². The number of phenols is 1. The minimum atomic E-state index is 0.227. The number of nitrogens with zero attached hydrogens (tertiary/aromatic N) is 3. The van der Waals surface area contributed by atoms with Crippen LogP contribution in [-0.4, -0.2) is 54.8 Å². The minimum Gasteiger partial charge on any atom is -0.506 e. The first kappa shape index (κ1) is 19.0. The normalized spacial score (nSPS) is 15.1. The predicted molar refractivity (Wildman–Crippen MR) is 116 cm³/mol. The van der Waals surface area contributed by atoms with Crippen molar-refractivity contribution in [1.29, 1.82) is 0 Å². The second-order valence-corrected chi connectivity index (χ2v) is 7.87. The summed E-state index contributed by atoms with van der Waals surface area (Å²) < 4.78 is 6.45. The Morgan fingerprint density at radius 2 is 1.82 bits per heavy atom. The van der Waals surface area contributed by atoms with Crippen molar-refractivity contribution in [3.05, 3.63) is 58.7 Å². The molecular formula is C22H24BrN3O2. The number of halogens is 1. The van der Waals surface area contributed by atoms with E-state index < -0.39 is 0 Å². The Kier molecular flexibility index (Phi) is 5.69. The zero-order valence-corrected chi connectivity index (χ0v) is 17.5. The van der Waals surface area contributed by atoms with E-state index in [2.05, 4.69) is 48.9 Å². The van der Waals surface area contributed by atoms with Gasteiger partial charge < -0.3 is 14.7 Å². The summed E-state index contributed by atoms with van der Waals surface area (Å²) in [6, 6.07) is 15.8. The first-order valence-corrected chi connectivity index (χ1v) is 10.3. The highest BCUT2D eigenvalue weighted by atomic mass is 79.9. The van der Waals surface area contributed by atoms with Crippen molar-refractivity contribution < 1.29 is 9.84 Å². The largest absolute Gasteiger partial charge is 0.506 e. The van der Waals surface area contributed by atoms with Gasteiger partial charge in [0.1, 0.15) is 17.0 Å². The smallest absolute Gasteiger partial charge is 0.142 e. The molecule has 0 saturated carbocycles. The molecule has 4 rings (SSSR count). The molecule has 0 amide bonds. The van der Waals surface area contributed by atoms with Gasteiger partial charge in [-0.05, 0) is 36.4 Å². The van der Waals surface area contributed by atoms with E-state index in [1.807, 2.05) is 24.3 Å².